The summed E-state index contributed by atoms with van der Waals surface area (Å²) in [5.41, 5.74) is 1.19. The van der Waals surface area contributed by atoms with Crippen LogP contribution in [0.1, 0.15) is 63.4 Å². The molecular formula is C23H35N3O3. The molecule has 1 aromatic carbocycles. The number of benzene rings is 1. The summed E-state index contributed by atoms with van der Waals surface area (Å²) in [7, 11) is 0. The summed E-state index contributed by atoms with van der Waals surface area (Å²) >= 11 is 0. The molecule has 0 unspecified atom stereocenters. The normalized spacial score (nSPS) is 18.4. The molecule has 160 valence electrons. The van der Waals surface area contributed by atoms with E-state index in [2.05, 4.69) is 22.8 Å². The number of hydrogen-bond acceptors (Lipinski definition) is 3. The van der Waals surface area contributed by atoms with Gasteiger partial charge in [-0.2, -0.15) is 0 Å². The monoisotopic (exact) mass is 401 g/mol. The van der Waals surface area contributed by atoms with Gasteiger partial charge < -0.3 is 20.3 Å². The lowest BCUT2D eigenvalue weighted by Gasteiger charge is -2.32. The number of piperidine rings is 1. The third-order valence-electron chi connectivity index (χ3n) is 5.92. The number of rotatable bonds is 8. The first-order valence-electron chi connectivity index (χ1n) is 11.2. The Morgan fingerprint density at radius 2 is 1.72 bits per heavy atom. The van der Waals surface area contributed by atoms with E-state index in [1.54, 1.807) is 0 Å². The maximum atomic E-state index is 12.4. The summed E-state index contributed by atoms with van der Waals surface area (Å²) < 4.78 is 5.99. The molecule has 1 aliphatic carbocycles. The van der Waals surface area contributed by atoms with Crippen LogP contribution in [0.5, 0.6) is 0 Å². The topological polar surface area (TPSA) is 70.7 Å². The minimum atomic E-state index is -0.0965. The van der Waals surface area contributed by atoms with Crippen LogP contribution in [0.3, 0.4) is 0 Å². The van der Waals surface area contributed by atoms with Gasteiger partial charge in [0.15, 0.2) is 0 Å². The molecule has 2 N–H and O–H groups in total. The van der Waals surface area contributed by atoms with E-state index in [4.69, 9.17) is 4.74 Å². The van der Waals surface area contributed by atoms with Gasteiger partial charge in [0.1, 0.15) is 0 Å². The van der Waals surface area contributed by atoms with Crippen molar-refractivity contribution in [3.05, 3.63) is 35.9 Å². The first-order chi connectivity index (χ1) is 14.2. The van der Waals surface area contributed by atoms with Crippen LogP contribution in [0.2, 0.25) is 0 Å². The summed E-state index contributed by atoms with van der Waals surface area (Å²) in [4.78, 5) is 26.3. The lowest BCUT2D eigenvalue weighted by molar-refractivity contribution is -0.134. The van der Waals surface area contributed by atoms with Gasteiger partial charge in [0.2, 0.25) is 5.91 Å². The maximum Gasteiger partial charge on any atom is 0.315 e. The molecule has 2 fully saturated rings. The van der Waals surface area contributed by atoms with Crippen LogP contribution in [0.4, 0.5) is 4.79 Å². The fourth-order valence-electron chi connectivity index (χ4n) is 4.14. The molecule has 0 bridgehead atoms. The second kappa shape index (κ2) is 11.8. The molecule has 1 aromatic rings. The zero-order valence-corrected chi connectivity index (χ0v) is 17.4. The Bertz CT molecular complexity index is 624. The van der Waals surface area contributed by atoms with Crippen molar-refractivity contribution < 1.29 is 14.3 Å². The molecule has 0 spiro atoms. The summed E-state index contributed by atoms with van der Waals surface area (Å²) in [5.74, 6) is 0.181. The summed E-state index contributed by atoms with van der Waals surface area (Å²) in [5, 5.41) is 5.93. The van der Waals surface area contributed by atoms with Crippen LogP contribution >= 0.6 is 0 Å². The van der Waals surface area contributed by atoms with Crippen molar-refractivity contribution in [2.75, 3.05) is 19.6 Å². The molecule has 6 nitrogen and oxygen atoms in total. The number of ether oxygens (including phenoxy) is 1. The SMILES string of the molecule is O=C(NCCCC(=O)N1CCC(OCc2ccccc2)CC1)NC1CCCCC1. The average molecular weight is 402 g/mol. The Morgan fingerprint density at radius 1 is 1.00 bits per heavy atom. The van der Waals surface area contributed by atoms with E-state index in [-0.39, 0.29) is 18.0 Å². The molecule has 1 aliphatic heterocycles. The smallest absolute Gasteiger partial charge is 0.315 e. The van der Waals surface area contributed by atoms with E-state index in [0.717, 1.165) is 38.8 Å². The Kier molecular flexibility index (Phi) is 8.81. The predicted octanol–water partition coefficient (Wildman–Crippen LogP) is 3.61. The van der Waals surface area contributed by atoms with Gasteiger partial charge in [0, 0.05) is 32.1 Å². The number of amides is 3. The molecule has 29 heavy (non-hydrogen) atoms. The Balaban J connectivity index is 1.23. The van der Waals surface area contributed by atoms with Crippen molar-refractivity contribution in [1.29, 1.82) is 0 Å². The number of nitrogens with one attached hydrogen (secondary N) is 2. The highest BCUT2D eigenvalue weighted by Crippen LogP contribution is 2.18. The van der Waals surface area contributed by atoms with Crippen molar-refractivity contribution in [1.82, 2.24) is 15.5 Å². The molecule has 0 atom stereocenters. The molecule has 3 rings (SSSR count). The zero-order chi connectivity index (χ0) is 20.3. The zero-order valence-electron chi connectivity index (χ0n) is 17.4. The van der Waals surface area contributed by atoms with Crippen LogP contribution in [0.25, 0.3) is 0 Å². The second-order valence-corrected chi connectivity index (χ2v) is 8.22. The highest BCUT2D eigenvalue weighted by Gasteiger charge is 2.23. The number of urea groups is 1. The van der Waals surface area contributed by atoms with E-state index in [0.29, 0.717) is 32.0 Å². The summed E-state index contributed by atoms with van der Waals surface area (Å²) in [6, 6.07) is 10.4. The van der Waals surface area contributed by atoms with Crippen LogP contribution in [-0.4, -0.2) is 48.6 Å². The molecule has 1 heterocycles. The first kappa shape index (κ1) is 21.6. The number of nitrogens with zero attached hydrogens (tertiary/aromatic N) is 1. The maximum absolute atomic E-state index is 12.4. The highest BCUT2D eigenvalue weighted by atomic mass is 16.5. The predicted molar refractivity (Wildman–Crippen MR) is 113 cm³/mol. The average Bonchev–Trinajstić information content (AvgIpc) is 2.77. The number of likely N-dealkylation sites (tertiary alicyclic amines) is 1. The van der Waals surface area contributed by atoms with Gasteiger partial charge in [-0.15, -0.1) is 0 Å². The van der Waals surface area contributed by atoms with Gasteiger partial charge in [0.05, 0.1) is 12.7 Å². The molecular weight excluding hydrogens is 366 g/mol. The fourth-order valence-corrected chi connectivity index (χ4v) is 4.14. The number of carbonyl (C=O) groups is 2. The molecule has 1 saturated heterocycles. The minimum Gasteiger partial charge on any atom is -0.373 e. The van der Waals surface area contributed by atoms with Gasteiger partial charge in [-0.1, -0.05) is 49.6 Å². The van der Waals surface area contributed by atoms with Crippen LogP contribution in [-0.2, 0) is 16.1 Å². The minimum absolute atomic E-state index is 0.0965. The van der Waals surface area contributed by atoms with E-state index in [1.165, 1.54) is 24.8 Å². The van der Waals surface area contributed by atoms with E-state index in [1.807, 2.05) is 23.1 Å². The number of carbonyl (C=O) groups excluding carboxylic acids is 2. The Morgan fingerprint density at radius 3 is 2.45 bits per heavy atom. The van der Waals surface area contributed by atoms with Crippen molar-refractivity contribution >= 4 is 11.9 Å². The van der Waals surface area contributed by atoms with Gasteiger partial charge in [-0.25, -0.2) is 4.79 Å². The third kappa shape index (κ3) is 7.69. The van der Waals surface area contributed by atoms with Crippen LogP contribution < -0.4 is 10.6 Å². The van der Waals surface area contributed by atoms with Crippen molar-refractivity contribution in [2.45, 2.75) is 76.5 Å². The van der Waals surface area contributed by atoms with E-state index >= 15 is 0 Å². The van der Waals surface area contributed by atoms with Gasteiger partial charge in [-0.05, 0) is 37.7 Å². The van der Waals surface area contributed by atoms with E-state index < -0.39 is 0 Å². The third-order valence-corrected chi connectivity index (χ3v) is 5.92. The molecule has 1 saturated carbocycles. The molecule has 6 heteroatoms. The van der Waals surface area contributed by atoms with Crippen molar-refractivity contribution in [3.63, 3.8) is 0 Å². The van der Waals surface area contributed by atoms with Crippen molar-refractivity contribution in [3.8, 4) is 0 Å². The highest BCUT2D eigenvalue weighted by molar-refractivity contribution is 5.76. The standard InChI is InChI=1S/C23H35N3O3/c27-22(12-7-15-24-23(28)25-20-10-5-2-6-11-20)26-16-13-21(14-17-26)29-18-19-8-3-1-4-9-19/h1,3-4,8-9,20-21H,2,5-7,10-18H2,(H2,24,25,28). The Hall–Kier alpha value is -2.08. The molecule has 0 aromatic heterocycles. The lowest BCUT2D eigenvalue weighted by atomic mass is 9.96. The quantitative estimate of drug-likeness (QED) is 0.654. The first-order valence-corrected chi connectivity index (χ1v) is 11.2. The van der Waals surface area contributed by atoms with Gasteiger partial charge in [0.25, 0.3) is 0 Å². The summed E-state index contributed by atoms with van der Waals surface area (Å²) in [6.45, 7) is 2.69. The largest absolute Gasteiger partial charge is 0.373 e. The van der Waals surface area contributed by atoms with Crippen LogP contribution in [0, 0.1) is 0 Å². The molecule has 2 aliphatic rings. The van der Waals surface area contributed by atoms with Crippen LogP contribution in [0.15, 0.2) is 30.3 Å². The number of hydrogen-bond donors (Lipinski definition) is 2. The lowest BCUT2D eigenvalue weighted by Crippen LogP contribution is -2.43. The molecule has 3 amide bonds. The Labute approximate surface area is 174 Å². The van der Waals surface area contributed by atoms with Crippen molar-refractivity contribution in [2.24, 2.45) is 0 Å². The van der Waals surface area contributed by atoms with Gasteiger partial charge >= 0.3 is 6.03 Å². The fraction of sp³-hybridized carbons (Fsp3) is 0.652. The van der Waals surface area contributed by atoms with E-state index in [9.17, 15) is 9.59 Å². The molecule has 0 radical (unpaired) electrons. The van der Waals surface area contributed by atoms with Gasteiger partial charge in [-0.3, -0.25) is 4.79 Å². The second-order valence-electron chi connectivity index (χ2n) is 8.22. The summed E-state index contributed by atoms with van der Waals surface area (Å²) in [6.07, 6.45) is 9.01.